The first kappa shape index (κ1) is 17.8. The summed E-state index contributed by atoms with van der Waals surface area (Å²) >= 11 is 1.71. The Morgan fingerprint density at radius 3 is 2.70 bits per heavy atom. The fourth-order valence-electron chi connectivity index (χ4n) is 4.83. The number of thiazole rings is 1. The van der Waals surface area contributed by atoms with Crippen LogP contribution in [0.25, 0.3) is 15.9 Å². The van der Waals surface area contributed by atoms with Crippen LogP contribution in [0.3, 0.4) is 0 Å². The molecule has 1 atom stereocenters. The van der Waals surface area contributed by atoms with Crippen LogP contribution in [0, 0.1) is 0 Å². The van der Waals surface area contributed by atoms with Crippen LogP contribution in [0.15, 0.2) is 54.6 Å². The third kappa shape index (κ3) is 2.78. The highest BCUT2D eigenvalue weighted by molar-refractivity contribution is 7.18. The summed E-state index contributed by atoms with van der Waals surface area (Å²) in [7, 11) is 0. The van der Waals surface area contributed by atoms with Crippen LogP contribution >= 0.6 is 11.3 Å². The van der Waals surface area contributed by atoms with Crippen LogP contribution in [0.4, 0.5) is 0 Å². The predicted octanol–water partition coefficient (Wildman–Crippen LogP) is 4.95. The molecule has 3 heterocycles. The van der Waals surface area contributed by atoms with Crippen molar-refractivity contribution in [3.63, 3.8) is 0 Å². The SMILES string of the molecule is O=C(c1nn(-c2ccccc2)c2c1CCC2)N1CCC[C@@H]1c1nc2ccccc2s1. The molecule has 6 heteroatoms. The van der Waals surface area contributed by atoms with Crippen LogP contribution in [0.1, 0.15) is 52.1 Å². The number of likely N-dealkylation sites (tertiary alicyclic amines) is 1. The van der Waals surface area contributed by atoms with E-state index in [1.54, 1.807) is 11.3 Å². The van der Waals surface area contributed by atoms with Crippen molar-refractivity contribution < 1.29 is 4.79 Å². The van der Waals surface area contributed by atoms with E-state index < -0.39 is 0 Å². The Morgan fingerprint density at radius 2 is 1.83 bits per heavy atom. The molecule has 1 aliphatic carbocycles. The van der Waals surface area contributed by atoms with Crippen LogP contribution in [-0.2, 0) is 12.8 Å². The van der Waals surface area contributed by atoms with E-state index in [-0.39, 0.29) is 11.9 Å². The van der Waals surface area contributed by atoms with Crippen LogP contribution in [0.2, 0.25) is 0 Å². The number of nitrogens with zero attached hydrogens (tertiary/aromatic N) is 4. The number of carbonyl (C=O) groups is 1. The largest absolute Gasteiger partial charge is 0.328 e. The molecule has 0 bridgehead atoms. The van der Waals surface area contributed by atoms with E-state index in [0.717, 1.165) is 60.4 Å². The summed E-state index contributed by atoms with van der Waals surface area (Å²) in [6.07, 6.45) is 4.97. The van der Waals surface area contributed by atoms with Gasteiger partial charge in [-0.2, -0.15) is 5.10 Å². The van der Waals surface area contributed by atoms with Crippen LogP contribution in [-0.4, -0.2) is 32.1 Å². The quantitative estimate of drug-likeness (QED) is 0.477. The van der Waals surface area contributed by atoms with E-state index in [2.05, 4.69) is 18.2 Å². The molecular weight excluding hydrogens is 392 g/mol. The number of hydrogen-bond donors (Lipinski definition) is 0. The van der Waals surface area contributed by atoms with Gasteiger partial charge in [-0.25, -0.2) is 9.67 Å². The average molecular weight is 415 g/mol. The molecule has 0 unspecified atom stereocenters. The number of rotatable bonds is 3. The lowest BCUT2D eigenvalue weighted by atomic mass is 10.1. The molecule has 150 valence electrons. The highest BCUT2D eigenvalue weighted by Crippen LogP contribution is 2.38. The molecule has 6 rings (SSSR count). The smallest absolute Gasteiger partial charge is 0.275 e. The van der Waals surface area contributed by atoms with Gasteiger partial charge in [-0.05, 0) is 56.4 Å². The Morgan fingerprint density at radius 1 is 1.00 bits per heavy atom. The van der Waals surface area contributed by atoms with Crippen molar-refractivity contribution in [1.82, 2.24) is 19.7 Å². The standard InChI is InChI=1S/C24H22N4OS/c29-24(22-17-10-6-12-19(17)28(26-22)16-8-2-1-3-9-16)27-15-7-13-20(27)23-25-18-11-4-5-14-21(18)30-23/h1-5,8-9,11,14,20H,6-7,10,12-13,15H2/t20-/m1/s1. The molecular formula is C24H22N4OS. The summed E-state index contributed by atoms with van der Waals surface area (Å²) in [5, 5.41) is 5.87. The Labute approximate surface area is 179 Å². The number of benzene rings is 2. The van der Waals surface area contributed by atoms with Gasteiger partial charge in [-0.1, -0.05) is 30.3 Å². The molecule has 1 aliphatic heterocycles. The van der Waals surface area contributed by atoms with Gasteiger partial charge in [-0.15, -0.1) is 11.3 Å². The van der Waals surface area contributed by atoms with Gasteiger partial charge in [0.25, 0.3) is 5.91 Å². The van der Waals surface area contributed by atoms with Gasteiger partial charge in [0, 0.05) is 17.8 Å². The number of carbonyl (C=O) groups excluding carboxylic acids is 1. The maximum absolute atomic E-state index is 13.7. The minimum atomic E-state index is 0.0498. The van der Waals surface area contributed by atoms with Gasteiger partial charge in [0.2, 0.25) is 0 Å². The third-order valence-corrected chi connectivity index (χ3v) is 7.38. The number of para-hydroxylation sites is 2. The molecule has 0 spiro atoms. The topological polar surface area (TPSA) is 51.0 Å². The van der Waals surface area contributed by atoms with Crippen molar-refractivity contribution in [2.75, 3.05) is 6.54 Å². The van der Waals surface area contributed by atoms with E-state index in [1.807, 2.05) is 46.0 Å². The number of amides is 1. The van der Waals surface area contributed by atoms with Gasteiger partial charge >= 0.3 is 0 Å². The van der Waals surface area contributed by atoms with Gasteiger partial charge in [-0.3, -0.25) is 4.79 Å². The van der Waals surface area contributed by atoms with Gasteiger partial charge in [0.05, 0.1) is 21.9 Å². The first-order valence-corrected chi connectivity index (χ1v) is 11.4. The summed E-state index contributed by atoms with van der Waals surface area (Å²) in [6, 6.07) is 18.4. The van der Waals surface area contributed by atoms with E-state index in [1.165, 1.54) is 10.4 Å². The zero-order valence-electron chi connectivity index (χ0n) is 16.6. The Hall–Kier alpha value is -2.99. The van der Waals surface area contributed by atoms with E-state index in [9.17, 15) is 4.79 Å². The summed E-state index contributed by atoms with van der Waals surface area (Å²) in [5.41, 5.74) is 5.02. The summed E-state index contributed by atoms with van der Waals surface area (Å²) < 4.78 is 3.17. The fraction of sp³-hybridized carbons (Fsp3) is 0.292. The molecule has 5 nitrogen and oxygen atoms in total. The molecule has 4 aromatic rings. The molecule has 2 aromatic carbocycles. The molecule has 0 saturated carbocycles. The second-order valence-electron chi connectivity index (χ2n) is 8.05. The number of aromatic nitrogens is 3. The molecule has 1 fully saturated rings. The van der Waals surface area contributed by atoms with Crippen molar-refractivity contribution in [3.8, 4) is 5.69 Å². The average Bonchev–Trinajstić information content (AvgIpc) is 3.56. The monoisotopic (exact) mass is 414 g/mol. The zero-order chi connectivity index (χ0) is 20.1. The second-order valence-corrected chi connectivity index (χ2v) is 9.11. The van der Waals surface area contributed by atoms with Crippen molar-refractivity contribution in [3.05, 3.63) is 76.6 Å². The summed E-state index contributed by atoms with van der Waals surface area (Å²) in [4.78, 5) is 20.5. The zero-order valence-corrected chi connectivity index (χ0v) is 17.4. The summed E-state index contributed by atoms with van der Waals surface area (Å²) in [6.45, 7) is 0.770. The maximum atomic E-state index is 13.7. The molecule has 0 radical (unpaired) electrons. The lowest BCUT2D eigenvalue weighted by Crippen LogP contribution is -2.31. The molecule has 0 N–H and O–H groups in total. The van der Waals surface area contributed by atoms with Crippen molar-refractivity contribution in [2.45, 2.75) is 38.1 Å². The van der Waals surface area contributed by atoms with Crippen molar-refractivity contribution in [1.29, 1.82) is 0 Å². The Bertz CT molecular complexity index is 1210. The Kier molecular flexibility index (Phi) is 4.20. The molecule has 2 aliphatic rings. The highest BCUT2D eigenvalue weighted by Gasteiger charge is 2.36. The van der Waals surface area contributed by atoms with E-state index in [0.29, 0.717) is 5.69 Å². The van der Waals surface area contributed by atoms with Crippen molar-refractivity contribution >= 4 is 27.5 Å². The van der Waals surface area contributed by atoms with E-state index in [4.69, 9.17) is 10.1 Å². The first-order chi connectivity index (χ1) is 14.8. The van der Waals surface area contributed by atoms with Crippen LogP contribution in [0.5, 0.6) is 0 Å². The van der Waals surface area contributed by atoms with Crippen LogP contribution < -0.4 is 0 Å². The van der Waals surface area contributed by atoms with Gasteiger partial charge in [0.1, 0.15) is 5.01 Å². The Balaban J connectivity index is 1.38. The fourth-order valence-corrected chi connectivity index (χ4v) is 5.94. The van der Waals surface area contributed by atoms with E-state index >= 15 is 0 Å². The minimum Gasteiger partial charge on any atom is -0.328 e. The summed E-state index contributed by atoms with van der Waals surface area (Å²) in [5.74, 6) is 0.0598. The second kappa shape index (κ2) is 7.06. The minimum absolute atomic E-state index is 0.0498. The number of fused-ring (bicyclic) bond motifs is 2. The predicted molar refractivity (Wildman–Crippen MR) is 118 cm³/mol. The lowest BCUT2D eigenvalue weighted by molar-refractivity contribution is 0.0728. The molecule has 1 amide bonds. The van der Waals surface area contributed by atoms with Crippen molar-refractivity contribution in [2.24, 2.45) is 0 Å². The lowest BCUT2D eigenvalue weighted by Gasteiger charge is -2.22. The normalized spacial score (nSPS) is 18.3. The maximum Gasteiger partial charge on any atom is 0.275 e. The van der Waals surface area contributed by atoms with Gasteiger partial charge < -0.3 is 4.90 Å². The third-order valence-electron chi connectivity index (χ3n) is 6.24. The number of hydrogen-bond acceptors (Lipinski definition) is 4. The first-order valence-electron chi connectivity index (χ1n) is 10.6. The molecule has 2 aromatic heterocycles. The molecule has 30 heavy (non-hydrogen) atoms. The molecule has 1 saturated heterocycles. The highest BCUT2D eigenvalue weighted by atomic mass is 32.1. The van der Waals surface area contributed by atoms with Gasteiger partial charge in [0.15, 0.2) is 5.69 Å².